The zero-order chi connectivity index (χ0) is 17.1. The van der Waals surface area contributed by atoms with Crippen molar-refractivity contribution in [1.29, 1.82) is 0 Å². The highest BCUT2D eigenvalue weighted by atomic mass is 32.1. The number of rotatable bonds is 4. The van der Waals surface area contributed by atoms with Gasteiger partial charge in [-0.25, -0.2) is 0 Å². The first-order chi connectivity index (χ1) is 11.5. The zero-order valence-corrected chi connectivity index (χ0v) is 14.8. The monoisotopic (exact) mass is 342 g/mol. The Morgan fingerprint density at radius 1 is 1.04 bits per heavy atom. The first kappa shape index (κ1) is 16.7. The van der Waals surface area contributed by atoms with Crippen LogP contribution in [0.2, 0.25) is 0 Å². The molecule has 1 fully saturated rings. The van der Waals surface area contributed by atoms with E-state index in [2.05, 4.69) is 10.6 Å². The van der Waals surface area contributed by atoms with Gasteiger partial charge in [0.15, 0.2) is 0 Å². The minimum absolute atomic E-state index is 0.0377. The van der Waals surface area contributed by atoms with E-state index in [1.807, 2.05) is 19.9 Å². The molecule has 2 amide bonds. The molecule has 24 heavy (non-hydrogen) atoms. The van der Waals surface area contributed by atoms with Crippen molar-refractivity contribution >= 4 is 28.8 Å². The molecule has 0 atom stereocenters. The average Bonchev–Trinajstić information content (AvgIpc) is 3.18. The number of nitrogens with one attached hydrogen (secondary N) is 2. The molecule has 3 rings (SSSR count). The lowest BCUT2D eigenvalue weighted by Gasteiger charge is -2.12. The van der Waals surface area contributed by atoms with Gasteiger partial charge in [-0.1, -0.05) is 12.8 Å². The Morgan fingerprint density at radius 3 is 2.29 bits per heavy atom. The summed E-state index contributed by atoms with van der Waals surface area (Å²) in [6.07, 6.45) is 4.52. The maximum absolute atomic E-state index is 12.2. The molecule has 1 aliphatic carbocycles. The number of hydrogen-bond donors (Lipinski definition) is 2. The van der Waals surface area contributed by atoms with Crippen LogP contribution in [0.1, 0.15) is 56.2 Å². The molecule has 0 aliphatic heterocycles. The third kappa shape index (κ3) is 3.85. The Labute approximate surface area is 146 Å². The second-order valence-corrected chi connectivity index (χ2v) is 7.59. The van der Waals surface area contributed by atoms with Gasteiger partial charge in [-0.15, -0.1) is 11.3 Å². The summed E-state index contributed by atoms with van der Waals surface area (Å²) >= 11 is 1.49. The highest BCUT2D eigenvalue weighted by Gasteiger charge is 2.18. The summed E-state index contributed by atoms with van der Waals surface area (Å²) in [6.45, 7) is 4.01. The van der Waals surface area contributed by atoms with Crippen LogP contribution < -0.4 is 10.6 Å². The van der Waals surface area contributed by atoms with Gasteiger partial charge in [0.05, 0.1) is 4.88 Å². The Balaban J connectivity index is 1.61. The first-order valence-corrected chi connectivity index (χ1v) is 9.14. The third-order valence-electron chi connectivity index (χ3n) is 4.49. The van der Waals surface area contributed by atoms with E-state index in [0.717, 1.165) is 23.3 Å². The van der Waals surface area contributed by atoms with Crippen LogP contribution in [0.4, 0.5) is 5.69 Å². The maximum Gasteiger partial charge on any atom is 0.265 e. The van der Waals surface area contributed by atoms with Crippen LogP contribution in [-0.2, 0) is 0 Å². The van der Waals surface area contributed by atoms with Crippen LogP contribution in [0, 0.1) is 13.8 Å². The molecule has 1 heterocycles. The Bertz CT molecular complexity index is 724. The summed E-state index contributed by atoms with van der Waals surface area (Å²) in [5.74, 6) is -0.149. The zero-order valence-electron chi connectivity index (χ0n) is 14.0. The number of benzene rings is 1. The molecule has 0 saturated heterocycles. The lowest BCUT2D eigenvalue weighted by Crippen LogP contribution is -2.32. The molecule has 126 valence electrons. The number of amides is 2. The van der Waals surface area contributed by atoms with E-state index in [1.165, 1.54) is 24.2 Å². The van der Waals surface area contributed by atoms with Crippen molar-refractivity contribution in [2.24, 2.45) is 0 Å². The number of thiophene rings is 1. The van der Waals surface area contributed by atoms with E-state index in [4.69, 9.17) is 0 Å². The van der Waals surface area contributed by atoms with Gasteiger partial charge in [0.1, 0.15) is 0 Å². The number of anilines is 1. The van der Waals surface area contributed by atoms with E-state index in [9.17, 15) is 9.59 Å². The van der Waals surface area contributed by atoms with Gasteiger partial charge in [-0.05, 0) is 62.6 Å². The normalized spacial score (nSPS) is 14.6. The molecule has 0 spiro atoms. The summed E-state index contributed by atoms with van der Waals surface area (Å²) in [6, 6.07) is 9.26. The molecular formula is C19H22N2O2S. The topological polar surface area (TPSA) is 58.2 Å². The van der Waals surface area contributed by atoms with Crippen molar-refractivity contribution in [1.82, 2.24) is 5.32 Å². The van der Waals surface area contributed by atoms with Crippen LogP contribution in [0.25, 0.3) is 0 Å². The standard InChI is InChI=1S/C19H22N2O2S/c1-12-11-17(24-13(12)2)19(23)21-16-9-7-14(8-10-16)18(22)20-15-5-3-4-6-15/h7-11,15H,3-6H2,1-2H3,(H,20,22)(H,21,23). The van der Waals surface area contributed by atoms with Crippen molar-refractivity contribution < 1.29 is 9.59 Å². The van der Waals surface area contributed by atoms with Crippen molar-refractivity contribution in [2.75, 3.05) is 5.32 Å². The highest BCUT2D eigenvalue weighted by molar-refractivity contribution is 7.14. The predicted molar refractivity (Wildman–Crippen MR) is 97.9 cm³/mol. The summed E-state index contributed by atoms with van der Waals surface area (Å²) in [7, 11) is 0. The fourth-order valence-corrected chi connectivity index (χ4v) is 3.85. The SMILES string of the molecule is Cc1cc(C(=O)Nc2ccc(C(=O)NC3CCCC3)cc2)sc1C. The van der Waals surface area contributed by atoms with E-state index in [1.54, 1.807) is 24.3 Å². The van der Waals surface area contributed by atoms with Crippen LogP contribution in [0.3, 0.4) is 0 Å². The number of carbonyl (C=O) groups excluding carboxylic acids is 2. The fourth-order valence-electron chi connectivity index (χ4n) is 2.92. The van der Waals surface area contributed by atoms with Crippen molar-refractivity contribution in [3.05, 3.63) is 51.2 Å². The van der Waals surface area contributed by atoms with Gasteiger partial charge in [-0.2, -0.15) is 0 Å². The molecule has 1 aromatic heterocycles. The van der Waals surface area contributed by atoms with Gasteiger partial charge in [-0.3, -0.25) is 9.59 Å². The molecule has 0 unspecified atom stereocenters. The summed E-state index contributed by atoms with van der Waals surface area (Å²) < 4.78 is 0. The quantitative estimate of drug-likeness (QED) is 0.871. The molecule has 1 aromatic carbocycles. The van der Waals surface area contributed by atoms with E-state index in [-0.39, 0.29) is 11.8 Å². The van der Waals surface area contributed by atoms with Crippen molar-refractivity contribution in [3.8, 4) is 0 Å². The van der Waals surface area contributed by atoms with Gasteiger partial charge in [0.2, 0.25) is 0 Å². The lowest BCUT2D eigenvalue weighted by molar-refractivity contribution is 0.0937. The van der Waals surface area contributed by atoms with Crippen molar-refractivity contribution in [2.45, 2.75) is 45.6 Å². The minimum Gasteiger partial charge on any atom is -0.349 e. The molecule has 1 aliphatic rings. The van der Waals surface area contributed by atoms with Crippen molar-refractivity contribution in [3.63, 3.8) is 0 Å². The summed E-state index contributed by atoms with van der Waals surface area (Å²) in [5, 5.41) is 5.94. The molecule has 1 saturated carbocycles. The molecule has 0 radical (unpaired) electrons. The Kier molecular flexibility index (Phi) is 5.00. The van der Waals surface area contributed by atoms with Gasteiger partial charge >= 0.3 is 0 Å². The second-order valence-electron chi connectivity index (χ2n) is 6.34. The molecule has 4 nitrogen and oxygen atoms in total. The second kappa shape index (κ2) is 7.18. The van der Waals surface area contributed by atoms with E-state index in [0.29, 0.717) is 22.2 Å². The molecule has 5 heteroatoms. The largest absolute Gasteiger partial charge is 0.349 e. The van der Waals surface area contributed by atoms with Crippen LogP contribution in [0.5, 0.6) is 0 Å². The van der Waals surface area contributed by atoms with Crippen LogP contribution >= 0.6 is 11.3 Å². The van der Waals surface area contributed by atoms with Gasteiger partial charge in [0, 0.05) is 22.2 Å². The molecule has 0 bridgehead atoms. The average molecular weight is 342 g/mol. The van der Waals surface area contributed by atoms with Gasteiger partial charge < -0.3 is 10.6 Å². The minimum atomic E-state index is -0.112. The summed E-state index contributed by atoms with van der Waals surface area (Å²) in [5.41, 5.74) is 2.45. The van der Waals surface area contributed by atoms with Gasteiger partial charge in [0.25, 0.3) is 11.8 Å². The van der Waals surface area contributed by atoms with E-state index < -0.39 is 0 Å². The Hall–Kier alpha value is -2.14. The van der Waals surface area contributed by atoms with Crippen LogP contribution in [0.15, 0.2) is 30.3 Å². The molecular weight excluding hydrogens is 320 g/mol. The smallest absolute Gasteiger partial charge is 0.265 e. The third-order valence-corrected chi connectivity index (χ3v) is 5.64. The number of aryl methyl sites for hydroxylation is 2. The van der Waals surface area contributed by atoms with Crippen LogP contribution in [-0.4, -0.2) is 17.9 Å². The van der Waals surface area contributed by atoms with E-state index >= 15 is 0 Å². The first-order valence-electron chi connectivity index (χ1n) is 8.32. The molecule has 2 N–H and O–H groups in total. The lowest BCUT2D eigenvalue weighted by atomic mass is 10.1. The highest BCUT2D eigenvalue weighted by Crippen LogP contribution is 2.22. The Morgan fingerprint density at radius 2 is 1.71 bits per heavy atom. The molecule has 2 aromatic rings. The maximum atomic E-state index is 12.2. The summed E-state index contributed by atoms with van der Waals surface area (Å²) in [4.78, 5) is 26.3. The number of hydrogen-bond acceptors (Lipinski definition) is 3. The number of carbonyl (C=O) groups is 2. The fraction of sp³-hybridized carbons (Fsp3) is 0.368. The predicted octanol–water partition coefficient (Wildman–Crippen LogP) is 4.29.